The second-order valence-corrected chi connectivity index (χ2v) is 10.3. The molecule has 0 unspecified atom stereocenters. The average molecular weight is 483 g/mol. The van der Waals surface area contributed by atoms with Gasteiger partial charge in [-0.2, -0.15) is 4.72 Å². The van der Waals surface area contributed by atoms with E-state index in [1.54, 1.807) is 6.07 Å². The number of hydrogen-bond acceptors (Lipinski definition) is 4. The minimum atomic E-state index is -3.89. The second kappa shape index (κ2) is 8.95. The fraction of sp³-hybridized carbons (Fsp3) is 0.105. The molecule has 28 heavy (non-hydrogen) atoms. The van der Waals surface area contributed by atoms with Crippen LogP contribution in [0.4, 0.5) is 10.1 Å². The number of hydrogen-bond donors (Lipinski definition) is 2. The maximum absolute atomic E-state index is 13.1. The van der Waals surface area contributed by atoms with Gasteiger partial charge in [0.1, 0.15) is 16.1 Å². The molecule has 0 saturated carbocycles. The third-order valence-electron chi connectivity index (χ3n) is 3.82. The Morgan fingerprint density at radius 1 is 1.04 bits per heavy atom. The number of anilines is 1. The number of sulfonamides is 1. The van der Waals surface area contributed by atoms with Crippen molar-refractivity contribution in [3.8, 4) is 0 Å². The molecule has 0 aliphatic rings. The van der Waals surface area contributed by atoms with Gasteiger partial charge < -0.3 is 5.32 Å². The molecule has 146 valence electrons. The van der Waals surface area contributed by atoms with Gasteiger partial charge in [0.2, 0.25) is 5.91 Å². The van der Waals surface area contributed by atoms with Crippen LogP contribution >= 0.6 is 27.3 Å². The van der Waals surface area contributed by atoms with Crippen LogP contribution < -0.4 is 10.0 Å². The molecule has 1 heterocycles. The van der Waals surface area contributed by atoms with Crippen molar-refractivity contribution >= 4 is 48.9 Å². The normalized spacial score (nSPS) is 12.5. The third-order valence-corrected chi connectivity index (χ3v) is 7.41. The van der Waals surface area contributed by atoms with Gasteiger partial charge in [-0.1, -0.05) is 30.3 Å². The van der Waals surface area contributed by atoms with Gasteiger partial charge in [-0.3, -0.25) is 4.79 Å². The van der Waals surface area contributed by atoms with Crippen LogP contribution in [-0.2, 0) is 21.2 Å². The monoisotopic (exact) mass is 482 g/mol. The summed E-state index contributed by atoms with van der Waals surface area (Å²) < 4.78 is 41.7. The largest absolute Gasteiger partial charge is 0.325 e. The van der Waals surface area contributed by atoms with Crippen molar-refractivity contribution in [3.05, 3.63) is 81.9 Å². The topological polar surface area (TPSA) is 75.3 Å². The molecule has 0 aliphatic carbocycles. The summed E-state index contributed by atoms with van der Waals surface area (Å²) in [6, 6.07) is 16.4. The summed E-state index contributed by atoms with van der Waals surface area (Å²) in [6.07, 6.45) is 0.166. The Hall–Kier alpha value is -2.07. The molecule has 0 spiro atoms. The summed E-state index contributed by atoms with van der Waals surface area (Å²) in [4.78, 5) is 12.8. The summed E-state index contributed by atoms with van der Waals surface area (Å²) in [6.45, 7) is 0. The van der Waals surface area contributed by atoms with Crippen LogP contribution in [0.5, 0.6) is 0 Å². The molecule has 1 atom stereocenters. The molecule has 1 aromatic heterocycles. The summed E-state index contributed by atoms with van der Waals surface area (Å²) in [5.41, 5.74) is 1.18. The Balaban J connectivity index is 1.83. The zero-order valence-corrected chi connectivity index (χ0v) is 17.7. The van der Waals surface area contributed by atoms with Gasteiger partial charge in [-0.05, 0) is 64.3 Å². The Morgan fingerprint density at radius 3 is 2.32 bits per heavy atom. The molecule has 2 N–H and O–H groups in total. The molecule has 0 fully saturated rings. The van der Waals surface area contributed by atoms with E-state index in [2.05, 4.69) is 26.0 Å². The molecule has 0 aliphatic heterocycles. The lowest BCUT2D eigenvalue weighted by molar-refractivity contribution is -0.117. The van der Waals surface area contributed by atoms with E-state index >= 15 is 0 Å². The number of halogens is 2. The molecular weight excluding hydrogens is 467 g/mol. The average Bonchev–Trinajstić information content (AvgIpc) is 3.11. The summed E-state index contributed by atoms with van der Waals surface area (Å²) in [7, 11) is -3.89. The zero-order valence-electron chi connectivity index (χ0n) is 14.4. The molecule has 0 bridgehead atoms. The molecule has 3 aromatic rings. The number of rotatable bonds is 7. The van der Waals surface area contributed by atoms with Crippen molar-refractivity contribution in [3.63, 3.8) is 0 Å². The molecule has 9 heteroatoms. The van der Waals surface area contributed by atoms with Crippen LogP contribution in [0.3, 0.4) is 0 Å². The third kappa shape index (κ3) is 5.48. The minimum Gasteiger partial charge on any atom is -0.325 e. The van der Waals surface area contributed by atoms with Crippen LogP contribution in [0.1, 0.15) is 5.56 Å². The smallest absolute Gasteiger partial charge is 0.250 e. The Kier molecular flexibility index (Phi) is 6.61. The Morgan fingerprint density at radius 2 is 1.71 bits per heavy atom. The van der Waals surface area contributed by atoms with Gasteiger partial charge in [-0.15, -0.1) is 11.3 Å². The Labute approximate surface area is 174 Å². The molecule has 1 amide bonds. The van der Waals surface area contributed by atoms with E-state index in [9.17, 15) is 17.6 Å². The maximum atomic E-state index is 13.1. The zero-order chi connectivity index (χ0) is 20.1. The SMILES string of the molecule is O=C(Nc1ccc(F)cc1)[C@H](Cc1ccccc1)NS(=O)(=O)c1ccc(Br)s1. The van der Waals surface area contributed by atoms with Gasteiger partial charge in [-0.25, -0.2) is 12.8 Å². The molecule has 0 saturated heterocycles. The van der Waals surface area contributed by atoms with Gasteiger partial charge in [0.25, 0.3) is 10.0 Å². The summed E-state index contributed by atoms with van der Waals surface area (Å²) in [5.74, 6) is -0.961. The highest BCUT2D eigenvalue weighted by atomic mass is 79.9. The number of benzene rings is 2. The first-order valence-corrected chi connectivity index (χ1v) is 11.3. The predicted molar refractivity (Wildman–Crippen MR) is 111 cm³/mol. The highest BCUT2D eigenvalue weighted by Gasteiger charge is 2.27. The fourth-order valence-corrected chi connectivity index (χ4v) is 5.71. The first kappa shape index (κ1) is 20.7. The van der Waals surface area contributed by atoms with Crippen molar-refractivity contribution in [2.24, 2.45) is 0 Å². The number of carbonyl (C=O) groups excluding carboxylic acids is 1. The van der Waals surface area contributed by atoms with Gasteiger partial charge in [0, 0.05) is 5.69 Å². The quantitative estimate of drug-likeness (QED) is 0.530. The van der Waals surface area contributed by atoms with Crippen LogP contribution in [0.15, 0.2) is 74.7 Å². The van der Waals surface area contributed by atoms with Crippen molar-refractivity contribution in [1.29, 1.82) is 0 Å². The molecular formula is C19H16BrFN2O3S2. The molecule has 0 radical (unpaired) electrons. The van der Waals surface area contributed by atoms with E-state index in [4.69, 9.17) is 0 Å². The maximum Gasteiger partial charge on any atom is 0.250 e. The molecule has 2 aromatic carbocycles. The first-order valence-electron chi connectivity index (χ1n) is 8.21. The number of thiophene rings is 1. The van der Waals surface area contributed by atoms with E-state index in [1.807, 2.05) is 30.3 Å². The highest BCUT2D eigenvalue weighted by molar-refractivity contribution is 9.11. The van der Waals surface area contributed by atoms with Crippen LogP contribution in [0.25, 0.3) is 0 Å². The summed E-state index contributed by atoms with van der Waals surface area (Å²) >= 11 is 4.29. The van der Waals surface area contributed by atoms with E-state index in [-0.39, 0.29) is 10.6 Å². The van der Waals surface area contributed by atoms with Crippen molar-refractivity contribution in [1.82, 2.24) is 4.72 Å². The standard InChI is InChI=1S/C19H16BrFN2O3S2/c20-17-10-11-18(27-17)28(25,26)23-16(12-13-4-2-1-3-5-13)19(24)22-15-8-6-14(21)7-9-15/h1-11,16,23H,12H2,(H,22,24)/t16-/m0/s1. The van der Waals surface area contributed by atoms with Gasteiger partial charge >= 0.3 is 0 Å². The van der Waals surface area contributed by atoms with E-state index < -0.39 is 27.8 Å². The fourth-order valence-electron chi connectivity index (χ4n) is 2.49. The van der Waals surface area contributed by atoms with E-state index in [0.29, 0.717) is 9.47 Å². The highest BCUT2D eigenvalue weighted by Crippen LogP contribution is 2.26. The van der Waals surface area contributed by atoms with Crippen molar-refractivity contribution in [2.75, 3.05) is 5.32 Å². The Bertz CT molecular complexity index is 1050. The van der Waals surface area contributed by atoms with Crippen LogP contribution in [0.2, 0.25) is 0 Å². The van der Waals surface area contributed by atoms with E-state index in [0.717, 1.165) is 16.9 Å². The number of nitrogens with one attached hydrogen (secondary N) is 2. The van der Waals surface area contributed by atoms with Crippen LogP contribution in [-0.4, -0.2) is 20.4 Å². The molecule has 5 nitrogen and oxygen atoms in total. The second-order valence-electron chi connectivity index (χ2n) is 5.92. The number of amides is 1. The van der Waals surface area contributed by atoms with Gasteiger partial charge in [0.05, 0.1) is 3.79 Å². The minimum absolute atomic E-state index is 0.104. The van der Waals surface area contributed by atoms with Crippen molar-refractivity contribution < 1.29 is 17.6 Å². The van der Waals surface area contributed by atoms with E-state index in [1.165, 1.54) is 30.3 Å². The van der Waals surface area contributed by atoms with Crippen LogP contribution in [0, 0.1) is 5.82 Å². The molecule has 3 rings (SSSR count). The van der Waals surface area contributed by atoms with Crippen molar-refractivity contribution in [2.45, 2.75) is 16.7 Å². The lowest BCUT2D eigenvalue weighted by Crippen LogP contribution is -2.45. The van der Waals surface area contributed by atoms with Gasteiger partial charge in [0.15, 0.2) is 0 Å². The first-order chi connectivity index (χ1) is 13.3. The predicted octanol–water partition coefficient (Wildman–Crippen LogP) is 4.18. The lowest BCUT2D eigenvalue weighted by Gasteiger charge is -2.18. The number of carbonyl (C=O) groups is 1. The lowest BCUT2D eigenvalue weighted by atomic mass is 10.1. The summed E-state index contributed by atoms with van der Waals surface area (Å²) in [5, 5.41) is 2.63.